The molecule has 168 valence electrons. The Balaban J connectivity index is 0.00000480. The van der Waals surface area contributed by atoms with Crippen LogP contribution >= 0.6 is 0 Å². The molecule has 0 aliphatic carbocycles. The number of carboxylic acids is 1. The second kappa shape index (κ2) is 10.3. The molecule has 0 aromatic heterocycles. The summed E-state index contributed by atoms with van der Waals surface area (Å²) < 4.78 is 5.19. The summed E-state index contributed by atoms with van der Waals surface area (Å²) in [6.45, 7) is 4.98. The molecule has 2 aromatic carbocycles. The van der Waals surface area contributed by atoms with Crippen LogP contribution < -0.4 is 10.6 Å². The van der Waals surface area contributed by atoms with Crippen molar-refractivity contribution in [2.24, 2.45) is 0 Å². The fourth-order valence-corrected chi connectivity index (χ4v) is 2.57. The topological polar surface area (TPSA) is 177 Å². The maximum Gasteiger partial charge on any atom is 0.408 e. The lowest BCUT2D eigenvalue weighted by Crippen LogP contribution is -2.44. The number of carboxylic acid groups (broad SMARTS) is 1. The molecule has 0 fully saturated rings. The molecule has 0 bridgehead atoms. The first-order valence-electron chi connectivity index (χ1n) is 9.07. The Morgan fingerprint density at radius 2 is 1.23 bits per heavy atom. The predicted octanol–water partition coefficient (Wildman–Crippen LogP) is 1.78. The SMILES string of the molecule is CC(C)(C)OC(=O)NC(C(=O)NC(C(=O)O)c1ccc(O)cc1)c1ccc(O)cc1.O. The smallest absolute Gasteiger partial charge is 0.408 e. The molecule has 0 saturated carbocycles. The summed E-state index contributed by atoms with van der Waals surface area (Å²) >= 11 is 0. The van der Waals surface area contributed by atoms with Crippen molar-refractivity contribution in [2.45, 2.75) is 38.5 Å². The minimum absolute atomic E-state index is 0. The van der Waals surface area contributed by atoms with Gasteiger partial charge in [-0.3, -0.25) is 4.79 Å². The number of hydrogen-bond donors (Lipinski definition) is 5. The molecule has 2 amide bonds. The van der Waals surface area contributed by atoms with Gasteiger partial charge in [-0.05, 0) is 56.2 Å². The van der Waals surface area contributed by atoms with Crippen LogP contribution in [0.1, 0.15) is 44.0 Å². The van der Waals surface area contributed by atoms with E-state index in [-0.39, 0.29) is 22.5 Å². The summed E-state index contributed by atoms with van der Waals surface area (Å²) in [6, 6.07) is 8.15. The lowest BCUT2D eigenvalue weighted by Gasteiger charge is -2.25. The molecular weight excluding hydrogens is 408 g/mol. The third-order valence-corrected chi connectivity index (χ3v) is 3.91. The van der Waals surface area contributed by atoms with Crippen molar-refractivity contribution >= 4 is 18.0 Å². The maximum atomic E-state index is 12.9. The van der Waals surface area contributed by atoms with Crippen LogP contribution in [0, 0.1) is 0 Å². The lowest BCUT2D eigenvalue weighted by molar-refractivity contribution is -0.142. The fourth-order valence-electron chi connectivity index (χ4n) is 2.57. The van der Waals surface area contributed by atoms with E-state index in [9.17, 15) is 29.7 Å². The van der Waals surface area contributed by atoms with E-state index in [0.717, 1.165) is 0 Å². The largest absolute Gasteiger partial charge is 0.508 e. The van der Waals surface area contributed by atoms with E-state index < -0.39 is 35.7 Å². The number of alkyl carbamates (subject to hydrolysis) is 1. The highest BCUT2D eigenvalue weighted by Crippen LogP contribution is 2.22. The highest BCUT2D eigenvalue weighted by Gasteiger charge is 2.30. The summed E-state index contributed by atoms with van der Waals surface area (Å²) in [4.78, 5) is 36.9. The summed E-state index contributed by atoms with van der Waals surface area (Å²) in [5.41, 5.74) is -0.267. The van der Waals surface area contributed by atoms with Gasteiger partial charge in [0, 0.05) is 0 Å². The molecule has 7 N–H and O–H groups in total. The molecule has 31 heavy (non-hydrogen) atoms. The van der Waals surface area contributed by atoms with Crippen LogP contribution in [0.5, 0.6) is 11.5 Å². The second-order valence-electron chi connectivity index (χ2n) is 7.54. The summed E-state index contributed by atoms with van der Waals surface area (Å²) in [5, 5.41) is 33.2. The van der Waals surface area contributed by atoms with Crippen LogP contribution in [0.2, 0.25) is 0 Å². The number of carbonyl (C=O) groups is 3. The number of benzene rings is 2. The number of rotatable bonds is 6. The molecule has 2 aromatic rings. The van der Waals surface area contributed by atoms with E-state index in [1.165, 1.54) is 48.5 Å². The molecule has 10 nitrogen and oxygen atoms in total. The van der Waals surface area contributed by atoms with Gasteiger partial charge in [-0.25, -0.2) is 9.59 Å². The van der Waals surface area contributed by atoms with E-state index in [4.69, 9.17) is 4.74 Å². The number of aliphatic carboxylic acids is 1. The molecule has 0 saturated heterocycles. The first-order chi connectivity index (χ1) is 14.0. The first kappa shape index (κ1) is 25.2. The molecular formula is C21H26N2O8. The van der Waals surface area contributed by atoms with Crippen molar-refractivity contribution in [2.75, 3.05) is 0 Å². The molecule has 0 heterocycles. The highest BCUT2D eigenvalue weighted by molar-refractivity contribution is 5.90. The zero-order chi connectivity index (χ0) is 22.5. The van der Waals surface area contributed by atoms with Crippen molar-refractivity contribution in [3.63, 3.8) is 0 Å². The average Bonchev–Trinajstić information content (AvgIpc) is 2.64. The van der Waals surface area contributed by atoms with Crippen LogP contribution in [0.4, 0.5) is 4.79 Å². The molecule has 2 unspecified atom stereocenters. The zero-order valence-electron chi connectivity index (χ0n) is 17.2. The van der Waals surface area contributed by atoms with Gasteiger partial charge >= 0.3 is 12.1 Å². The van der Waals surface area contributed by atoms with Crippen LogP contribution in [-0.4, -0.2) is 44.4 Å². The first-order valence-corrected chi connectivity index (χ1v) is 9.07. The van der Waals surface area contributed by atoms with Crippen molar-refractivity contribution in [3.8, 4) is 11.5 Å². The normalized spacial score (nSPS) is 12.6. The Kier molecular flexibility index (Phi) is 8.39. The van der Waals surface area contributed by atoms with E-state index >= 15 is 0 Å². The number of ether oxygens (including phenoxy) is 1. The number of hydrogen-bond acceptors (Lipinski definition) is 6. The Morgan fingerprint density at radius 3 is 1.61 bits per heavy atom. The van der Waals surface area contributed by atoms with E-state index in [1.807, 2.05) is 0 Å². The molecule has 10 heteroatoms. The second-order valence-corrected chi connectivity index (χ2v) is 7.54. The van der Waals surface area contributed by atoms with Gasteiger partial charge in [0.2, 0.25) is 5.91 Å². The lowest BCUT2D eigenvalue weighted by atomic mass is 10.0. The number of carbonyl (C=O) groups excluding carboxylic acids is 2. The Hall–Kier alpha value is -3.79. The van der Waals surface area contributed by atoms with Crippen LogP contribution in [-0.2, 0) is 14.3 Å². The molecule has 0 aliphatic heterocycles. The standard InChI is InChI=1S/C21H24N2O7.H2O/c1-21(2,3)30-20(29)23-16(12-4-8-14(24)9-5-12)18(26)22-17(19(27)28)13-6-10-15(25)11-7-13;/h4-11,16-17,24-25H,1-3H3,(H,22,26)(H,23,29)(H,27,28);1H2. The van der Waals surface area contributed by atoms with Crippen molar-refractivity contribution in [3.05, 3.63) is 59.7 Å². The third-order valence-electron chi connectivity index (χ3n) is 3.91. The van der Waals surface area contributed by atoms with Gasteiger partial charge in [-0.2, -0.15) is 0 Å². The van der Waals surface area contributed by atoms with Gasteiger partial charge in [-0.15, -0.1) is 0 Å². The monoisotopic (exact) mass is 434 g/mol. The fraction of sp³-hybridized carbons (Fsp3) is 0.286. The van der Waals surface area contributed by atoms with Gasteiger partial charge in [0.05, 0.1) is 0 Å². The number of amides is 2. The van der Waals surface area contributed by atoms with Gasteiger partial charge in [0.15, 0.2) is 6.04 Å². The predicted molar refractivity (Wildman–Crippen MR) is 110 cm³/mol. The van der Waals surface area contributed by atoms with Crippen molar-refractivity contribution in [1.82, 2.24) is 10.6 Å². The van der Waals surface area contributed by atoms with Crippen LogP contribution in [0.15, 0.2) is 48.5 Å². The third kappa shape index (κ3) is 7.52. The minimum Gasteiger partial charge on any atom is -0.508 e. The molecule has 0 aliphatic rings. The zero-order valence-corrected chi connectivity index (χ0v) is 17.2. The molecule has 0 radical (unpaired) electrons. The average molecular weight is 434 g/mol. The van der Waals surface area contributed by atoms with Gasteiger partial charge < -0.3 is 36.2 Å². The maximum absolute atomic E-state index is 12.9. The van der Waals surface area contributed by atoms with Gasteiger partial charge in [0.1, 0.15) is 23.1 Å². The van der Waals surface area contributed by atoms with E-state index in [2.05, 4.69) is 10.6 Å². The summed E-state index contributed by atoms with van der Waals surface area (Å²) in [5.74, 6) is -2.21. The Labute approximate surface area is 178 Å². The number of nitrogens with one attached hydrogen (secondary N) is 2. The van der Waals surface area contributed by atoms with Crippen LogP contribution in [0.3, 0.4) is 0 Å². The van der Waals surface area contributed by atoms with E-state index in [0.29, 0.717) is 5.56 Å². The number of phenols is 2. The molecule has 2 atom stereocenters. The van der Waals surface area contributed by atoms with Gasteiger partial charge in [0.25, 0.3) is 0 Å². The van der Waals surface area contributed by atoms with Gasteiger partial charge in [-0.1, -0.05) is 24.3 Å². The highest BCUT2D eigenvalue weighted by atomic mass is 16.6. The van der Waals surface area contributed by atoms with Crippen molar-refractivity contribution in [1.29, 1.82) is 0 Å². The number of aromatic hydroxyl groups is 2. The van der Waals surface area contributed by atoms with E-state index in [1.54, 1.807) is 20.8 Å². The minimum atomic E-state index is -1.42. The Morgan fingerprint density at radius 1 is 0.806 bits per heavy atom. The quantitative estimate of drug-likeness (QED) is 0.460. The number of phenolic OH excluding ortho intramolecular Hbond substituents is 2. The Bertz CT molecular complexity index is 904. The van der Waals surface area contributed by atoms with Crippen molar-refractivity contribution < 1.29 is 39.9 Å². The van der Waals surface area contributed by atoms with Crippen LogP contribution in [0.25, 0.3) is 0 Å². The summed E-state index contributed by atoms with van der Waals surface area (Å²) in [6.07, 6.45) is -0.868. The molecule has 2 rings (SSSR count). The molecule has 0 spiro atoms. The summed E-state index contributed by atoms with van der Waals surface area (Å²) in [7, 11) is 0.